The van der Waals surface area contributed by atoms with E-state index < -0.39 is 4.92 Å². The fourth-order valence-corrected chi connectivity index (χ4v) is 2.77. The number of aromatic nitrogens is 2. The highest BCUT2D eigenvalue weighted by Gasteiger charge is 2.16. The predicted molar refractivity (Wildman–Crippen MR) is 81.2 cm³/mol. The Kier molecular flexibility index (Phi) is 3.41. The minimum absolute atomic E-state index is 0.0249. The lowest BCUT2D eigenvalue weighted by atomic mass is 10.3. The summed E-state index contributed by atoms with van der Waals surface area (Å²) in [5.41, 5.74) is 7.32. The fraction of sp³-hybridized carbons (Fsp3) is 0. The van der Waals surface area contributed by atoms with Crippen LogP contribution in [0.1, 0.15) is 0 Å². The van der Waals surface area contributed by atoms with E-state index in [9.17, 15) is 10.1 Å². The third kappa shape index (κ3) is 2.63. The molecule has 0 saturated carbocycles. The van der Waals surface area contributed by atoms with Crippen LogP contribution in [-0.2, 0) is 0 Å². The minimum Gasteiger partial charge on any atom is -0.381 e. The van der Waals surface area contributed by atoms with Crippen molar-refractivity contribution in [2.45, 2.75) is 9.92 Å². The zero-order chi connectivity index (χ0) is 14.8. The number of fused-ring (bicyclic) bond motifs is 1. The first-order valence-electron chi connectivity index (χ1n) is 6.08. The Labute approximate surface area is 124 Å². The number of nitro groups is 1. The molecule has 1 heterocycles. The minimum atomic E-state index is -0.424. The van der Waals surface area contributed by atoms with Crippen LogP contribution in [0.15, 0.2) is 58.5 Å². The van der Waals surface area contributed by atoms with Crippen molar-refractivity contribution in [3.8, 4) is 0 Å². The molecule has 21 heavy (non-hydrogen) atoms. The number of rotatable bonds is 3. The number of para-hydroxylation sites is 3. The highest BCUT2D eigenvalue weighted by atomic mass is 32.2. The molecule has 7 heteroatoms. The van der Waals surface area contributed by atoms with Crippen LogP contribution in [0.4, 0.5) is 11.5 Å². The van der Waals surface area contributed by atoms with Crippen LogP contribution in [0.5, 0.6) is 0 Å². The first-order valence-corrected chi connectivity index (χ1v) is 6.90. The molecule has 0 amide bonds. The maximum absolute atomic E-state index is 11.0. The number of nitrogens with zero attached hydrogens (tertiary/aromatic N) is 3. The van der Waals surface area contributed by atoms with Gasteiger partial charge in [-0.3, -0.25) is 10.1 Å². The van der Waals surface area contributed by atoms with Gasteiger partial charge in [0.15, 0.2) is 5.82 Å². The van der Waals surface area contributed by atoms with Crippen LogP contribution in [0, 0.1) is 10.1 Å². The lowest BCUT2D eigenvalue weighted by Crippen LogP contribution is -1.98. The summed E-state index contributed by atoms with van der Waals surface area (Å²) in [4.78, 5) is 19.8. The monoisotopic (exact) mass is 298 g/mol. The molecular formula is C14H10N4O2S. The van der Waals surface area contributed by atoms with Gasteiger partial charge in [-0.2, -0.15) is 0 Å². The number of nitrogens with two attached hydrogens (primary N) is 1. The third-order valence-corrected chi connectivity index (χ3v) is 3.89. The molecule has 3 aromatic rings. The number of hydrogen-bond donors (Lipinski definition) is 1. The molecule has 6 nitrogen and oxygen atoms in total. The Morgan fingerprint density at radius 1 is 1.00 bits per heavy atom. The van der Waals surface area contributed by atoms with Gasteiger partial charge < -0.3 is 5.73 Å². The molecule has 0 radical (unpaired) electrons. The second-order valence-electron chi connectivity index (χ2n) is 4.23. The average molecular weight is 298 g/mol. The topological polar surface area (TPSA) is 94.9 Å². The van der Waals surface area contributed by atoms with E-state index in [-0.39, 0.29) is 11.5 Å². The highest BCUT2D eigenvalue weighted by molar-refractivity contribution is 7.99. The molecule has 2 aromatic carbocycles. The van der Waals surface area contributed by atoms with Gasteiger partial charge in [-0.1, -0.05) is 36.0 Å². The van der Waals surface area contributed by atoms with Gasteiger partial charge in [0.2, 0.25) is 0 Å². The summed E-state index contributed by atoms with van der Waals surface area (Å²) < 4.78 is 0. The standard InChI is InChI=1S/C14H10N4O2S/c15-13-14(17-10-6-2-1-5-9(10)16-13)21-12-8-4-3-7-11(12)18(19)20/h1-8H,(H2,15,16). The molecule has 3 rings (SSSR count). The summed E-state index contributed by atoms with van der Waals surface area (Å²) in [6.45, 7) is 0. The lowest BCUT2D eigenvalue weighted by Gasteiger charge is -2.06. The Morgan fingerprint density at radius 3 is 2.33 bits per heavy atom. The SMILES string of the molecule is Nc1nc2ccccc2nc1Sc1ccccc1[N+](=O)[O-]. The van der Waals surface area contributed by atoms with Gasteiger partial charge in [-0.25, -0.2) is 9.97 Å². The van der Waals surface area contributed by atoms with Crippen molar-refractivity contribution in [1.29, 1.82) is 0 Å². The normalized spacial score (nSPS) is 10.7. The average Bonchev–Trinajstić information content (AvgIpc) is 2.48. The van der Waals surface area contributed by atoms with E-state index in [0.717, 1.165) is 11.8 Å². The zero-order valence-corrected chi connectivity index (χ0v) is 11.6. The third-order valence-electron chi connectivity index (χ3n) is 2.83. The summed E-state index contributed by atoms with van der Waals surface area (Å²) in [6.07, 6.45) is 0. The van der Waals surface area contributed by atoms with Crippen LogP contribution in [0.2, 0.25) is 0 Å². The maximum atomic E-state index is 11.0. The summed E-state index contributed by atoms with van der Waals surface area (Å²) in [5, 5.41) is 11.5. The predicted octanol–water partition coefficient (Wildman–Crippen LogP) is 3.27. The molecule has 0 fully saturated rings. The largest absolute Gasteiger partial charge is 0.381 e. The quantitative estimate of drug-likeness (QED) is 0.589. The van der Waals surface area contributed by atoms with Gasteiger partial charge in [-0.15, -0.1) is 0 Å². The van der Waals surface area contributed by atoms with Crippen LogP contribution in [0.3, 0.4) is 0 Å². The molecule has 0 aliphatic carbocycles. The van der Waals surface area contributed by atoms with Gasteiger partial charge in [-0.05, 0) is 18.2 Å². The van der Waals surface area contributed by atoms with Crippen molar-refractivity contribution < 1.29 is 4.92 Å². The lowest BCUT2D eigenvalue weighted by molar-refractivity contribution is -0.387. The van der Waals surface area contributed by atoms with E-state index in [0.29, 0.717) is 21.0 Å². The van der Waals surface area contributed by atoms with Gasteiger partial charge >= 0.3 is 0 Å². The molecule has 0 atom stereocenters. The van der Waals surface area contributed by atoms with Crippen molar-refractivity contribution in [1.82, 2.24) is 9.97 Å². The smallest absolute Gasteiger partial charge is 0.283 e. The molecule has 2 N–H and O–H groups in total. The highest BCUT2D eigenvalue weighted by Crippen LogP contribution is 2.36. The van der Waals surface area contributed by atoms with Crippen molar-refractivity contribution >= 4 is 34.3 Å². The molecule has 0 aliphatic rings. The first-order chi connectivity index (χ1) is 10.1. The second-order valence-corrected chi connectivity index (χ2v) is 5.26. The Morgan fingerprint density at radius 2 is 1.62 bits per heavy atom. The number of nitrogen functional groups attached to an aromatic ring is 1. The van der Waals surface area contributed by atoms with Gasteiger partial charge in [0.25, 0.3) is 5.69 Å². The second kappa shape index (κ2) is 5.37. The fourth-order valence-electron chi connectivity index (χ4n) is 1.87. The molecule has 0 bridgehead atoms. The summed E-state index contributed by atoms with van der Waals surface area (Å²) in [7, 11) is 0. The number of nitro benzene ring substituents is 1. The van der Waals surface area contributed by atoms with Crippen molar-refractivity contribution in [3.05, 3.63) is 58.6 Å². The summed E-state index contributed by atoms with van der Waals surface area (Å²) >= 11 is 1.14. The van der Waals surface area contributed by atoms with Crippen molar-refractivity contribution in [2.75, 3.05) is 5.73 Å². The van der Waals surface area contributed by atoms with Crippen molar-refractivity contribution in [3.63, 3.8) is 0 Å². The zero-order valence-electron chi connectivity index (χ0n) is 10.8. The van der Waals surface area contributed by atoms with Gasteiger partial charge in [0.05, 0.1) is 20.9 Å². The molecule has 0 unspecified atom stereocenters. The molecular weight excluding hydrogens is 288 g/mol. The van der Waals surface area contributed by atoms with E-state index in [1.54, 1.807) is 18.2 Å². The molecule has 104 valence electrons. The van der Waals surface area contributed by atoms with E-state index >= 15 is 0 Å². The maximum Gasteiger partial charge on any atom is 0.283 e. The van der Waals surface area contributed by atoms with Crippen LogP contribution in [0.25, 0.3) is 11.0 Å². The number of anilines is 1. The van der Waals surface area contributed by atoms with E-state index in [2.05, 4.69) is 9.97 Å². The Hall–Kier alpha value is -2.67. The van der Waals surface area contributed by atoms with Crippen LogP contribution >= 0.6 is 11.8 Å². The molecule has 0 aliphatic heterocycles. The molecule has 1 aromatic heterocycles. The Balaban J connectivity index is 2.06. The van der Waals surface area contributed by atoms with Crippen LogP contribution < -0.4 is 5.73 Å². The van der Waals surface area contributed by atoms with Gasteiger partial charge in [0, 0.05) is 6.07 Å². The van der Waals surface area contributed by atoms with Crippen molar-refractivity contribution in [2.24, 2.45) is 0 Å². The first kappa shape index (κ1) is 13.3. The summed E-state index contributed by atoms with van der Waals surface area (Å²) in [5.74, 6) is 0.261. The molecule has 0 spiro atoms. The summed E-state index contributed by atoms with van der Waals surface area (Å²) in [6, 6.07) is 13.8. The number of benzene rings is 2. The number of hydrogen-bond acceptors (Lipinski definition) is 6. The van der Waals surface area contributed by atoms with E-state index in [1.165, 1.54) is 6.07 Å². The van der Waals surface area contributed by atoms with E-state index in [4.69, 9.17) is 5.73 Å². The van der Waals surface area contributed by atoms with Crippen LogP contribution in [-0.4, -0.2) is 14.9 Å². The van der Waals surface area contributed by atoms with Gasteiger partial charge in [0.1, 0.15) is 5.03 Å². The van der Waals surface area contributed by atoms with E-state index in [1.807, 2.05) is 24.3 Å². The molecule has 0 saturated heterocycles. The Bertz CT molecular complexity index is 838.